The van der Waals surface area contributed by atoms with Gasteiger partial charge in [-0.05, 0) is 24.5 Å². The minimum atomic E-state index is -0.210. The van der Waals surface area contributed by atoms with Gasteiger partial charge in [0.2, 0.25) is 5.91 Å². The smallest absolute Gasteiger partial charge is 0.239 e. The molecule has 108 valence electrons. The van der Waals surface area contributed by atoms with Crippen LogP contribution < -0.4 is 5.32 Å². The van der Waals surface area contributed by atoms with Gasteiger partial charge in [0, 0.05) is 14.1 Å². The highest BCUT2D eigenvalue weighted by Gasteiger charge is 2.21. The Kier molecular flexibility index (Phi) is 6.05. The van der Waals surface area contributed by atoms with Crippen LogP contribution in [0.5, 0.6) is 0 Å². The van der Waals surface area contributed by atoms with Crippen LogP contribution in [0, 0.1) is 5.92 Å². The van der Waals surface area contributed by atoms with Gasteiger partial charge in [-0.25, -0.2) is 0 Å². The van der Waals surface area contributed by atoms with E-state index in [2.05, 4.69) is 19.2 Å². The van der Waals surface area contributed by atoms with Crippen molar-refractivity contribution < 1.29 is 14.3 Å². The van der Waals surface area contributed by atoms with Gasteiger partial charge in [0.1, 0.15) is 18.1 Å². The van der Waals surface area contributed by atoms with Crippen molar-refractivity contribution in [2.24, 2.45) is 5.92 Å². The minimum absolute atomic E-state index is 0.0719. The van der Waals surface area contributed by atoms with Gasteiger partial charge in [0.05, 0.1) is 12.6 Å². The van der Waals surface area contributed by atoms with Crippen molar-refractivity contribution in [3.63, 3.8) is 0 Å². The highest BCUT2D eigenvalue weighted by molar-refractivity contribution is 5.81. The van der Waals surface area contributed by atoms with E-state index in [0.717, 1.165) is 12.2 Å². The Labute approximate surface area is 114 Å². The van der Waals surface area contributed by atoms with Crippen LogP contribution in [-0.2, 0) is 17.9 Å². The predicted octanol–water partition coefficient (Wildman–Crippen LogP) is 1.36. The van der Waals surface area contributed by atoms with Gasteiger partial charge >= 0.3 is 0 Å². The molecule has 1 rings (SSSR count). The zero-order chi connectivity index (χ0) is 14.4. The number of carbonyl (C=O) groups is 1. The Morgan fingerprint density at radius 3 is 2.47 bits per heavy atom. The van der Waals surface area contributed by atoms with Gasteiger partial charge in [-0.1, -0.05) is 13.8 Å². The third-order valence-electron chi connectivity index (χ3n) is 2.84. The lowest BCUT2D eigenvalue weighted by atomic mass is 10.0. The maximum absolute atomic E-state index is 12.1. The lowest BCUT2D eigenvalue weighted by molar-refractivity contribution is -0.131. The van der Waals surface area contributed by atoms with E-state index in [1.807, 2.05) is 6.07 Å². The molecule has 19 heavy (non-hydrogen) atoms. The molecule has 0 fully saturated rings. The van der Waals surface area contributed by atoms with Crippen LogP contribution in [0.2, 0.25) is 0 Å². The fourth-order valence-electron chi connectivity index (χ4n) is 1.88. The fourth-order valence-corrected chi connectivity index (χ4v) is 1.88. The number of amides is 1. The summed E-state index contributed by atoms with van der Waals surface area (Å²) in [6.07, 6.45) is 0.782. The average molecular weight is 268 g/mol. The summed E-state index contributed by atoms with van der Waals surface area (Å²) in [5, 5.41) is 12.2. The number of nitrogens with zero attached hydrogens (tertiary/aromatic N) is 1. The van der Waals surface area contributed by atoms with E-state index in [9.17, 15) is 4.79 Å². The zero-order valence-electron chi connectivity index (χ0n) is 12.1. The van der Waals surface area contributed by atoms with Crippen molar-refractivity contribution >= 4 is 5.91 Å². The van der Waals surface area contributed by atoms with Crippen molar-refractivity contribution in [1.29, 1.82) is 0 Å². The maximum Gasteiger partial charge on any atom is 0.239 e. The topological polar surface area (TPSA) is 65.7 Å². The summed E-state index contributed by atoms with van der Waals surface area (Å²) in [7, 11) is 3.52. The molecule has 1 aromatic heterocycles. The van der Waals surface area contributed by atoms with Crippen LogP contribution in [0.3, 0.4) is 0 Å². The molecular weight excluding hydrogens is 244 g/mol. The van der Waals surface area contributed by atoms with Gasteiger partial charge in [0.15, 0.2) is 0 Å². The summed E-state index contributed by atoms with van der Waals surface area (Å²) < 4.78 is 5.39. The Hall–Kier alpha value is -1.33. The third-order valence-corrected chi connectivity index (χ3v) is 2.84. The predicted molar refractivity (Wildman–Crippen MR) is 73.4 cm³/mol. The second kappa shape index (κ2) is 7.31. The highest BCUT2D eigenvalue weighted by atomic mass is 16.4. The van der Waals surface area contributed by atoms with Gasteiger partial charge in [-0.3, -0.25) is 10.1 Å². The largest absolute Gasteiger partial charge is 0.462 e. The molecule has 0 aliphatic rings. The number of aliphatic hydroxyl groups is 1. The molecule has 0 aromatic carbocycles. The van der Waals surface area contributed by atoms with Gasteiger partial charge < -0.3 is 14.4 Å². The lowest BCUT2D eigenvalue weighted by Crippen LogP contribution is -2.44. The van der Waals surface area contributed by atoms with Gasteiger partial charge in [0.25, 0.3) is 0 Å². The van der Waals surface area contributed by atoms with Crippen molar-refractivity contribution in [3.05, 3.63) is 23.7 Å². The molecular formula is C14H24N2O3. The number of carbonyl (C=O) groups excluding carboxylic acids is 1. The first-order valence-corrected chi connectivity index (χ1v) is 6.57. The summed E-state index contributed by atoms with van der Waals surface area (Å²) in [6, 6.07) is 3.34. The molecule has 1 heterocycles. The molecule has 0 spiro atoms. The van der Waals surface area contributed by atoms with Crippen molar-refractivity contribution in [1.82, 2.24) is 10.2 Å². The monoisotopic (exact) mass is 268 g/mol. The maximum atomic E-state index is 12.1. The zero-order valence-corrected chi connectivity index (χ0v) is 12.1. The van der Waals surface area contributed by atoms with Gasteiger partial charge in [-0.2, -0.15) is 0 Å². The Morgan fingerprint density at radius 1 is 1.37 bits per heavy atom. The quantitative estimate of drug-likeness (QED) is 0.784. The summed E-state index contributed by atoms with van der Waals surface area (Å²) in [6.45, 7) is 4.56. The molecule has 5 heteroatoms. The highest BCUT2D eigenvalue weighted by Crippen LogP contribution is 2.10. The molecule has 1 unspecified atom stereocenters. The number of hydrogen-bond donors (Lipinski definition) is 2. The van der Waals surface area contributed by atoms with E-state index in [1.54, 1.807) is 25.1 Å². The van der Waals surface area contributed by atoms with Crippen LogP contribution >= 0.6 is 0 Å². The van der Waals surface area contributed by atoms with Crippen LogP contribution in [0.1, 0.15) is 31.8 Å². The first-order valence-electron chi connectivity index (χ1n) is 6.57. The first kappa shape index (κ1) is 15.7. The summed E-state index contributed by atoms with van der Waals surface area (Å²) in [4.78, 5) is 13.7. The molecule has 5 nitrogen and oxygen atoms in total. The van der Waals surface area contributed by atoms with Crippen LogP contribution in [-0.4, -0.2) is 36.1 Å². The van der Waals surface area contributed by atoms with E-state index in [0.29, 0.717) is 18.2 Å². The molecule has 0 radical (unpaired) electrons. The van der Waals surface area contributed by atoms with Crippen LogP contribution in [0.4, 0.5) is 0 Å². The standard InChI is InChI=1S/C14H24N2O3/c1-10(2)7-13(14(18)16(3)4)15-8-11-5-6-12(9-17)19-11/h5-6,10,13,15,17H,7-9H2,1-4H3. The Bertz CT molecular complexity index is 399. The van der Waals surface area contributed by atoms with E-state index in [4.69, 9.17) is 9.52 Å². The lowest BCUT2D eigenvalue weighted by Gasteiger charge is -2.22. The Balaban J connectivity index is 2.59. The van der Waals surface area contributed by atoms with Crippen LogP contribution in [0.15, 0.2) is 16.5 Å². The van der Waals surface area contributed by atoms with E-state index in [-0.39, 0.29) is 18.6 Å². The van der Waals surface area contributed by atoms with Crippen LogP contribution in [0.25, 0.3) is 0 Å². The average Bonchev–Trinajstić information content (AvgIpc) is 2.80. The SMILES string of the molecule is CC(C)CC(NCc1ccc(CO)o1)C(=O)N(C)C. The minimum Gasteiger partial charge on any atom is -0.462 e. The normalized spacial score (nSPS) is 12.7. The third kappa shape index (κ3) is 5.04. The first-order chi connectivity index (χ1) is 8.93. The molecule has 0 bridgehead atoms. The number of nitrogens with one attached hydrogen (secondary N) is 1. The second-order valence-corrected chi connectivity index (χ2v) is 5.32. The number of furan rings is 1. The Morgan fingerprint density at radius 2 is 2.00 bits per heavy atom. The van der Waals surface area contributed by atoms with Gasteiger partial charge in [-0.15, -0.1) is 0 Å². The summed E-state index contributed by atoms with van der Waals surface area (Å²) in [5.41, 5.74) is 0. The molecule has 1 amide bonds. The number of likely N-dealkylation sites (N-methyl/N-ethyl adjacent to an activating group) is 1. The molecule has 0 saturated carbocycles. The molecule has 0 aliphatic heterocycles. The molecule has 0 saturated heterocycles. The van der Waals surface area contributed by atoms with E-state index < -0.39 is 0 Å². The number of rotatable bonds is 7. The van der Waals surface area contributed by atoms with E-state index in [1.165, 1.54) is 0 Å². The van der Waals surface area contributed by atoms with Crippen molar-refractivity contribution in [2.75, 3.05) is 14.1 Å². The molecule has 1 aromatic rings. The van der Waals surface area contributed by atoms with E-state index >= 15 is 0 Å². The molecule has 2 N–H and O–H groups in total. The second-order valence-electron chi connectivity index (χ2n) is 5.32. The molecule has 0 aliphatic carbocycles. The number of aliphatic hydroxyl groups excluding tert-OH is 1. The summed E-state index contributed by atoms with van der Waals surface area (Å²) in [5.74, 6) is 1.77. The summed E-state index contributed by atoms with van der Waals surface area (Å²) >= 11 is 0. The van der Waals surface area contributed by atoms with Crippen molar-refractivity contribution in [2.45, 2.75) is 39.5 Å². The molecule has 1 atom stereocenters. The number of hydrogen-bond acceptors (Lipinski definition) is 4. The fraction of sp³-hybridized carbons (Fsp3) is 0.643. The van der Waals surface area contributed by atoms with Crippen molar-refractivity contribution in [3.8, 4) is 0 Å².